The Hall–Kier alpha value is -0.940. The van der Waals surface area contributed by atoms with Crippen molar-refractivity contribution < 1.29 is 39.3 Å². The molecule has 0 atom stereocenters. The molecule has 0 aliphatic rings. The Morgan fingerprint density at radius 2 is 1.14 bits per heavy atom. The number of alkyl halides is 6. The third kappa shape index (κ3) is 4.79. The van der Waals surface area contributed by atoms with Crippen LogP contribution in [-0.2, 0) is 20.9 Å². The van der Waals surface area contributed by atoms with Gasteiger partial charge in [-0.1, -0.05) is 47.6 Å². The lowest BCUT2D eigenvalue weighted by Crippen LogP contribution is -2.56. The van der Waals surface area contributed by atoms with E-state index < -0.39 is 54.0 Å². The van der Waals surface area contributed by atoms with Gasteiger partial charge in [-0.3, -0.25) is 4.55 Å². The first-order chi connectivity index (χ1) is 12.0. The quantitative estimate of drug-likeness (QED) is 0.334. The Kier molecular flexibility index (Phi) is 6.35. The topological polar surface area (TPSA) is 54.4 Å². The minimum atomic E-state index is -6.77. The lowest BCUT2D eigenvalue weighted by atomic mass is 9.81. The summed E-state index contributed by atoms with van der Waals surface area (Å²) in [5.74, 6) is -6.36. The Balaban J connectivity index is 3.54. The number of halogens is 6. The molecule has 11 heteroatoms. The van der Waals surface area contributed by atoms with Crippen molar-refractivity contribution in [3.63, 3.8) is 0 Å². The molecule has 0 bridgehead atoms. The van der Waals surface area contributed by atoms with E-state index in [0.717, 1.165) is 12.1 Å². The van der Waals surface area contributed by atoms with E-state index in [1.807, 2.05) is 0 Å². The van der Waals surface area contributed by atoms with E-state index in [9.17, 15) is 34.8 Å². The Morgan fingerprint density at radius 1 is 0.786 bits per heavy atom. The normalized spacial score (nSPS) is 15.0. The van der Waals surface area contributed by atoms with Gasteiger partial charge in [0.1, 0.15) is 0 Å². The second kappa shape index (κ2) is 7.09. The van der Waals surface area contributed by atoms with E-state index in [4.69, 9.17) is 4.55 Å². The minimum absolute atomic E-state index is 0.437. The van der Waals surface area contributed by atoms with Gasteiger partial charge in [-0.2, -0.15) is 34.8 Å². The SMILES string of the molecule is CC(C)(C)c1cc(SC(F)(F)C(F)(F)C(F)(F)S(=O)(=O)O)cc(C(C)(C)C)c1. The van der Waals surface area contributed by atoms with Crippen LogP contribution in [0.2, 0.25) is 0 Å². The molecule has 1 rings (SSSR count). The standard InChI is InChI=1S/C17H22F6O3S2/c1-13(2,3)10-7-11(14(4,5)6)9-12(8-10)27-16(20,21)15(18,19)17(22,23)28(24,25)26/h7-9H,1-6H3,(H,24,25,26). The van der Waals surface area contributed by atoms with E-state index in [2.05, 4.69) is 0 Å². The van der Waals surface area contributed by atoms with Crippen molar-refractivity contribution in [2.45, 2.75) is 73.7 Å². The first-order valence-electron chi connectivity index (χ1n) is 7.99. The molecule has 0 saturated heterocycles. The van der Waals surface area contributed by atoms with E-state index in [1.165, 1.54) is 0 Å². The van der Waals surface area contributed by atoms with Crippen molar-refractivity contribution >= 4 is 21.9 Å². The molecule has 0 amide bonds. The highest BCUT2D eigenvalue weighted by Gasteiger charge is 2.78. The molecule has 1 N–H and O–H groups in total. The molecule has 1 aromatic carbocycles. The van der Waals surface area contributed by atoms with Gasteiger partial charge < -0.3 is 0 Å². The van der Waals surface area contributed by atoms with Crippen LogP contribution in [0.15, 0.2) is 23.1 Å². The first kappa shape index (κ1) is 25.1. The lowest BCUT2D eigenvalue weighted by molar-refractivity contribution is -0.242. The second-order valence-corrected chi connectivity index (χ2v) is 11.1. The molecule has 0 heterocycles. The average molecular weight is 452 g/mol. The van der Waals surface area contributed by atoms with Gasteiger partial charge >= 0.3 is 26.5 Å². The maximum Gasteiger partial charge on any atom is 0.438 e. The van der Waals surface area contributed by atoms with Crippen molar-refractivity contribution in [1.82, 2.24) is 0 Å². The Bertz CT molecular complexity index is 805. The predicted octanol–water partition coefficient (Wildman–Crippen LogP) is 6.08. The maximum atomic E-state index is 14.1. The van der Waals surface area contributed by atoms with Crippen LogP contribution in [0, 0.1) is 0 Å². The summed E-state index contributed by atoms with van der Waals surface area (Å²) in [4.78, 5) is -0.437. The van der Waals surface area contributed by atoms with Crippen molar-refractivity contribution in [1.29, 1.82) is 0 Å². The van der Waals surface area contributed by atoms with E-state index in [0.29, 0.717) is 11.1 Å². The van der Waals surface area contributed by atoms with Crippen LogP contribution in [0.1, 0.15) is 52.7 Å². The van der Waals surface area contributed by atoms with Gasteiger partial charge in [0.15, 0.2) is 0 Å². The van der Waals surface area contributed by atoms with Crippen molar-refractivity contribution in [3.05, 3.63) is 29.3 Å². The van der Waals surface area contributed by atoms with Crippen LogP contribution < -0.4 is 0 Å². The summed E-state index contributed by atoms with van der Waals surface area (Å²) in [5, 5.41) is -11.9. The molecule has 0 spiro atoms. The lowest BCUT2D eigenvalue weighted by Gasteiger charge is -2.31. The summed E-state index contributed by atoms with van der Waals surface area (Å²) in [5.41, 5.74) is -0.120. The van der Waals surface area contributed by atoms with Crippen LogP contribution in [0.5, 0.6) is 0 Å². The molecule has 1 aromatic rings. The smallest absolute Gasteiger partial charge is 0.281 e. The fourth-order valence-corrected chi connectivity index (χ4v) is 3.51. The number of thioether (sulfide) groups is 1. The molecule has 162 valence electrons. The zero-order valence-electron chi connectivity index (χ0n) is 16.1. The fourth-order valence-electron chi connectivity index (χ4n) is 2.07. The summed E-state index contributed by atoms with van der Waals surface area (Å²) in [6.07, 6.45) is 0. The summed E-state index contributed by atoms with van der Waals surface area (Å²) in [6.45, 7) is 10.5. The van der Waals surface area contributed by atoms with E-state index >= 15 is 0 Å². The molecule has 0 aliphatic carbocycles. The first-order valence-corrected chi connectivity index (χ1v) is 10.3. The second-order valence-electron chi connectivity index (χ2n) is 8.43. The zero-order chi connectivity index (χ0) is 22.6. The van der Waals surface area contributed by atoms with Crippen LogP contribution in [0.25, 0.3) is 0 Å². The van der Waals surface area contributed by atoms with Crippen molar-refractivity contribution in [3.8, 4) is 0 Å². The molecule has 0 fully saturated rings. The summed E-state index contributed by atoms with van der Waals surface area (Å²) in [7, 11) is -6.77. The molecule has 0 radical (unpaired) electrons. The molecule has 3 nitrogen and oxygen atoms in total. The van der Waals surface area contributed by atoms with Gasteiger partial charge in [0.05, 0.1) is 0 Å². The van der Waals surface area contributed by atoms with E-state index in [-0.39, 0.29) is 0 Å². The molecule has 0 unspecified atom stereocenters. The largest absolute Gasteiger partial charge is 0.438 e. The Labute approximate surface area is 164 Å². The van der Waals surface area contributed by atoms with Gasteiger partial charge in [-0.25, -0.2) is 0 Å². The molecule has 28 heavy (non-hydrogen) atoms. The highest BCUT2D eigenvalue weighted by atomic mass is 32.2. The zero-order valence-corrected chi connectivity index (χ0v) is 17.7. The fraction of sp³-hybridized carbons (Fsp3) is 0.647. The van der Waals surface area contributed by atoms with Crippen molar-refractivity contribution in [2.24, 2.45) is 0 Å². The highest BCUT2D eigenvalue weighted by molar-refractivity contribution is 8.00. The van der Waals surface area contributed by atoms with Crippen LogP contribution in [-0.4, -0.2) is 29.4 Å². The number of hydrogen-bond donors (Lipinski definition) is 1. The van der Waals surface area contributed by atoms with Gasteiger partial charge in [0.25, 0.3) is 0 Å². The van der Waals surface area contributed by atoms with Gasteiger partial charge in [0.2, 0.25) is 0 Å². The predicted molar refractivity (Wildman–Crippen MR) is 96.1 cm³/mol. The minimum Gasteiger partial charge on any atom is -0.281 e. The van der Waals surface area contributed by atoms with Crippen LogP contribution in [0.3, 0.4) is 0 Å². The molecular formula is C17H22F6O3S2. The maximum absolute atomic E-state index is 14.1. The summed E-state index contributed by atoms with van der Waals surface area (Å²) >= 11 is -0.883. The summed E-state index contributed by atoms with van der Waals surface area (Å²) in [6, 6.07) is 4.03. The third-order valence-electron chi connectivity index (χ3n) is 3.94. The molecule has 0 aliphatic heterocycles. The van der Waals surface area contributed by atoms with Gasteiger partial charge in [-0.05, 0) is 45.9 Å². The Morgan fingerprint density at radius 3 is 1.43 bits per heavy atom. The monoisotopic (exact) mass is 452 g/mol. The van der Waals surface area contributed by atoms with Crippen LogP contribution >= 0.6 is 11.8 Å². The molecule has 0 aromatic heterocycles. The van der Waals surface area contributed by atoms with Gasteiger partial charge in [0, 0.05) is 4.90 Å². The summed E-state index contributed by atoms with van der Waals surface area (Å²) < 4.78 is 112. The average Bonchev–Trinajstić information content (AvgIpc) is 2.42. The number of benzene rings is 1. The van der Waals surface area contributed by atoms with Crippen molar-refractivity contribution in [2.75, 3.05) is 0 Å². The van der Waals surface area contributed by atoms with Crippen LogP contribution in [0.4, 0.5) is 26.3 Å². The number of hydrogen-bond acceptors (Lipinski definition) is 3. The van der Waals surface area contributed by atoms with E-state index in [1.54, 1.807) is 47.6 Å². The highest BCUT2D eigenvalue weighted by Crippen LogP contribution is 2.55. The number of rotatable bonds is 5. The van der Waals surface area contributed by atoms with Gasteiger partial charge in [-0.15, -0.1) is 0 Å². The third-order valence-corrected chi connectivity index (χ3v) is 5.83. The molecule has 0 saturated carbocycles. The molecular weight excluding hydrogens is 430 g/mol.